The Bertz CT molecular complexity index is 612. The smallest absolute Gasteiger partial charge is 0.406 e. The lowest BCUT2D eigenvalue weighted by Crippen LogP contribution is -2.45. The van der Waals surface area contributed by atoms with Crippen LogP contribution in [0, 0.1) is 17.6 Å². The number of aliphatic hydroxyl groups is 1. The summed E-state index contributed by atoms with van der Waals surface area (Å²) >= 11 is 5.70. The van der Waals surface area contributed by atoms with Crippen LogP contribution in [0.1, 0.15) is 31.2 Å². The Labute approximate surface area is 150 Å². The Balaban J connectivity index is 2.23. The van der Waals surface area contributed by atoms with Crippen LogP contribution in [0.5, 0.6) is 0 Å². The number of benzene rings is 1. The fourth-order valence-corrected chi connectivity index (χ4v) is 3.46. The number of nitrogens with one attached hydrogen (secondary N) is 2. The minimum atomic E-state index is -1.51. The normalized spacial score (nSPS) is 20.0. The SMILES string of the molecule is COC(=O)NCCCC(O)(c1ccc(F)c(Cl)c1F)C1CCCNC1. The van der Waals surface area contributed by atoms with Gasteiger partial charge in [0, 0.05) is 24.6 Å². The minimum Gasteiger partial charge on any atom is -0.453 e. The van der Waals surface area contributed by atoms with Crippen LogP contribution in [0.15, 0.2) is 12.1 Å². The lowest BCUT2D eigenvalue weighted by molar-refractivity contribution is -0.0448. The van der Waals surface area contributed by atoms with Crippen LogP contribution < -0.4 is 10.6 Å². The van der Waals surface area contributed by atoms with E-state index in [1.807, 2.05) is 0 Å². The highest BCUT2D eigenvalue weighted by Gasteiger charge is 2.41. The molecule has 0 bridgehead atoms. The van der Waals surface area contributed by atoms with Crippen molar-refractivity contribution < 1.29 is 23.4 Å². The van der Waals surface area contributed by atoms with Crippen LogP contribution in [0.4, 0.5) is 13.6 Å². The van der Waals surface area contributed by atoms with Crippen LogP contribution in [-0.2, 0) is 10.3 Å². The van der Waals surface area contributed by atoms with Crippen molar-refractivity contribution in [3.63, 3.8) is 0 Å². The van der Waals surface area contributed by atoms with E-state index in [4.69, 9.17) is 11.6 Å². The summed E-state index contributed by atoms with van der Waals surface area (Å²) in [6, 6.07) is 2.31. The van der Waals surface area contributed by atoms with Crippen LogP contribution in [-0.4, -0.2) is 37.9 Å². The van der Waals surface area contributed by atoms with Gasteiger partial charge in [-0.1, -0.05) is 17.7 Å². The van der Waals surface area contributed by atoms with Crippen LogP contribution in [0.2, 0.25) is 5.02 Å². The maximum Gasteiger partial charge on any atom is 0.406 e. The van der Waals surface area contributed by atoms with E-state index in [0.717, 1.165) is 19.0 Å². The zero-order valence-corrected chi connectivity index (χ0v) is 14.8. The average molecular weight is 377 g/mol. The molecule has 0 saturated carbocycles. The third-order valence-corrected chi connectivity index (χ3v) is 5.01. The van der Waals surface area contributed by atoms with E-state index >= 15 is 0 Å². The topological polar surface area (TPSA) is 70.6 Å². The van der Waals surface area contributed by atoms with Gasteiger partial charge in [-0.25, -0.2) is 13.6 Å². The first-order valence-corrected chi connectivity index (χ1v) is 8.67. The molecule has 5 nitrogen and oxygen atoms in total. The number of carbonyl (C=O) groups excluding carboxylic acids is 1. The summed E-state index contributed by atoms with van der Waals surface area (Å²) in [7, 11) is 1.26. The Hall–Kier alpha value is -1.44. The van der Waals surface area contributed by atoms with Gasteiger partial charge in [0.15, 0.2) is 5.82 Å². The highest BCUT2D eigenvalue weighted by Crippen LogP contribution is 2.40. The first-order chi connectivity index (χ1) is 11.9. The van der Waals surface area contributed by atoms with Crippen LogP contribution >= 0.6 is 11.6 Å². The molecule has 0 aliphatic carbocycles. The van der Waals surface area contributed by atoms with Crippen LogP contribution in [0.3, 0.4) is 0 Å². The fraction of sp³-hybridized carbons (Fsp3) is 0.588. The molecule has 1 aliphatic heterocycles. The van der Waals surface area contributed by atoms with E-state index in [-0.39, 0.29) is 24.4 Å². The van der Waals surface area contributed by atoms with Crippen molar-refractivity contribution in [1.82, 2.24) is 10.6 Å². The van der Waals surface area contributed by atoms with Gasteiger partial charge in [-0.2, -0.15) is 0 Å². The first-order valence-electron chi connectivity index (χ1n) is 8.29. The van der Waals surface area contributed by atoms with Gasteiger partial charge >= 0.3 is 6.09 Å². The predicted molar refractivity (Wildman–Crippen MR) is 90.5 cm³/mol. The molecule has 1 aromatic rings. The second-order valence-electron chi connectivity index (χ2n) is 6.21. The number of methoxy groups -OCH3 is 1. The molecule has 0 aromatic heterocycles. The third kappa shape index (κ3) is 4.59. The molecule has 1 aliphatic rings. The lowest BCUT2D eigenvalue weighted by atomic mass is 9.74. The molecule has 1 amide bonds. The molecule has 2 unspecified atom stereocenters. The Morgan fingerprint density at radius 3 is 2.92 bits per heavy atom. The van der Waals surface area contributed by atoms with Crippen molar-refractivity contribution in [2.24, 2.45) is 5.92 Å². The summed E-state index contributed by atoms with van der Waals surface area (Å²) in [5.41, 5.74) is -1.52. The Morgan fingerprint density at radius 1 is 1.52 bits per heavy atom. The van der Waals surface area contributed by atoms with Crippen molar-refractivity contribution >= 4 is 17.7 Å². The summed E-state index contributed by atoms with van der Waals surface area (Å²) < 4.78 is 32.5. The minimum absolute atomic E-state index is 0.00864. The number of alkyl carbamates (subject to hydrolysis) is 1. The molecule has 25 heavy (non-hydrogen) atoms. The molecule has 140 valence electrons. The second-order valence-corrected chi connectivity index (χ2v) is 6.59. The number of halogens is 3. The molecule has 0 radical (unpaired) electrons. The first kappa shape index (κ1) is 19.9. The molecular weight excluding hydrogens is 354 g/mol. The van der Waals surface area contributed by atoms with Gasteiger partial charge in [0.1, 0.15) is 10.8 Å². The zero-order chi connectivity index (χ0) is 18.4. The molecule has 2 rings (SSSR count). The monoisotopic (exact) mass is 376 g/mol. The molecule has 0 spiro atoms. The predicted octanol–water partition coefficient (Wildman–Crippen LogP) is 2.94. The van der Waals surface area contributed by atoms with E-state index in [2.05, 4.69) is 15.4 Å². The van der Waals surface area contributed by atoms with E-state index in [1.54, 1.807) is 0 Å². The van der Waals surface area contributed by atoms with Crippen molar-refractivity contribution in [2.45, 2.75) is 31.3 Å². The number of amides is 1. The number of piperidine rings is 1. The third-order valence-electron chi connectivity index (χ3n) is 4.66. The number of hydrogen-bond donors (Lipinski definition) is 3. The molecule has 8 heteroatoms. The largest absolute Gasteiger partial charge is 0.453 e. The summed E-state index contributed by atoms with van der Waals surface area (Å²) in [4.78, 5) is 11.1. The summed E-state index contributed by atoms with van der Waals surface area (Å²) in [5.74, 6) is -2.04. The standard InChI is InChI=1S/C17H23ClF2N2O3/c1-25-16(23)22-9-3-7-17(24,11-4-2-8-21-10-11)12-5-6-13(19)14(18)15(12)20/h5-6,11,21,24H,2-4,7-10H2,1H3,(H,22,23). The molecule has 1 aromatic carbocycles. The van der Waals surface area contributed by atoms with Crippen LogP contribution in [0.25, 0.3) is 0 Å². The fourth-order valence-electron chi connectivity index (χ4n) is 3.30. The zero-order valence-electron chi connectivity index (χ0n) is 14.1. The van der Waals surface area contributed by atoms with Gasteiger partial charge in [-0.15, -0.1) is 0 Å². The Kier molecular flexibility index (Phi) is 6.98. The van der Waals surface area contributed by atoms with Gasteiger partial charge in [0.25, 0.3) is 0 Å². The molecule has 1 heterocycles. The van der Waals surface area contributed by atoms with Gasteiger partial charge < -0.3 is 20.5 Å². The van der Waals surface area contributed by atoms with Gasteiger partial charge in [0.2, 0.25) is 0 Å². The highest BCUT2D eigenvalue weighted by molar-refractivity contribution is 6.31. The maximum atomic E-state index is 14.6. The molecule has 3 N–H and O–H groups in total. The maximum absolute atomic E-state index is 14.6. The summed E-state index contributed by atoms with van der Waals surface area (Å²) in [6.45, 7) is 1.63. The van der Waals surface area contributed by atoms with Gasteiger partial charge in [-0.3, -0.25) is 0 Å². The van der Waals surface area contributed by atoms with E-state index in [9.17, 15) is 18.7 Å². The van der Waals surface area contributed by atoms with E-state index < -0.39 is 28.4 Å². The molecule has 1 fully saturated rings. The number of ether oxygens (including phenoxy) is 1. The average Bonchev–Trinajstić information content (AvgIpc) is 2.63. The van der Waals surface area contributed by atoms with E-state index in [0.29, 0.717) is 19.4 Å². The highest BCUT2D eigenvalue weighted by atomic mass is 35.5. The second kappa shape index (κ2) is 8.78. The van der Waals surface area contributed by atoms with Gasteiger partial charge in [-0.05, 0) is 38.3 Å². The Morgan fingerprint density at radius 2 is 2.28 bits per heavy atom. The molecule has 1 saturated heterocycles. The molecular formula is C17H23ClF2N2O3. The van der Waals surface area contributed by atoms with Crippen molar-refractivity contribution in [2.75, 3.05) is 26.7 Å². The summed E-state index contributed by atoms with van der Waals surface area (Å²) in [5, 5.41) is 16.4. The number of carbonyl (C=O) groups is 1. The van der Waals surface area contributed by atoms with Crippen molar-refractivity contribution in [1.29, 1.82) is 0 Å². The quantitative estimate of drug-likeness (QED) is 0.527. The van der Waals surface area contributed by atoms with Crippen molar-refractivity contribution in [3.05, 3.63) is 34.4 Å². The number of hydrogen-bond acceptors (Lipinski definition) is 4. The summed E-state index contributed by atoms with van der Waals surface area (Å²) in [6.07, 6.45) is 1.59. The lowest BCUT2D eigenvalue weighted by Gasteiger charge is -2.39. The van der Waals surface area contributed by atoms with Crippen molar-refractivity contribution in [3.8, 4) is 0 Å². The van der Waals surface area contributed by atoms with Gasteiger partial charge in [0.05, 0.1) is 12.7 Å². The van der Waals surface area contributed by atoms with E-state index in [1.165, 1.54) is 13.2 Å². The number of rotatable bonds is 6. The molecule has 2 atom stereocenters.